The van der Waals surface area contributed by atoms with Gasteiger partial charge in [0, 0.05) is 46.2 Å². The number of amides is 1. The van der Waals surface area contributed by atoms with Crippen LogP contribution >= 0.6 is 38.5 Å². The fraction of sp³-hybridized carbons (Fsp3) is 0.259. The summed E-state index contributed by atoms with van der Waals surface area (Å²) < 4.78 is 2.09. The standard InChI is InChI=1S/C27H24BrIN4O/c28-22-16-30-15-21-19(14-25(32-26(21)22)20-7-1-2-8-23(20)29)11-10-18-6-5-13-33(17-18)27(34)24-9-3-4-12-31-24/h1-4,7-9,12,14-16,18H,5-6,10-11,13,17H2. The Balaban J connectivity index is 1.39. The molecule has 1 aliphatic rings. The van der Waals surface area contributed by atoms with Crippen LogP contribution in [0, 0.1) is 9.49 Å². The van der Waals surface area contributed by atoms with Crippen molar-refractivity contribution < 1.29 is 4.79 Å². The van der Waals surface area contributed by atoms with E-state index in [1.807, 2.05) is 29.3 Å². The molecule has 1 atom stereocenters. The van der Waals surface area contributed by atoms with Gasteiger partial charge in [-0.15, -0.1) is 0 Å². The third-order valence-electron chi connectivity index (χ3n) is 6.42. The van der Waals surface area contributed by atoms with Crippen molar-refractivity contribution in [3.63, 3.8) is 0 Å². The van der Waals surface area contributed by atoms with E-state index in [0.717, 1.165) is 65.4 Å². The Bertz CT molecular complexity index is 1330. The van der Waals surface area contributed by atoms with Crippen LogP contribution in [0.3, 0.4) is 0 Å². The topological polar surface area (TPSA) is 59.0 Å². The average molecular weight is 627 g/mol. The first-order valence-electron chi connectivity index (χ1n) is 11.5. The summed E-state index contributed by atoms with van der Waals surface area (Å²) in [7, 11) is 0. The minimum absolute atomic E-state index is 0.0359. The maximum absolute atomic E-state index is 12.9. The second-order valence-corrected chi connectivity index (χ2v) is 10.7. The molecule has 1 aromatic carbocycles. The number of rotatable bonds is 5. The van der Waals surface area contributed by atoms with Gasteiger partial charge in [-0.3, -0.25) is 14.8 Å². The van der Waals surface area contributed by atoms with E-state index in [9.17, 15) is 4.79 Å². The van der Waals surface area contributed by atoms with E-state index >= 15 is 0 Å². The molecule has 1 fully saturated rings. The van der Waals surface area contributed by atoms with Gasteiger partial charge in [-0.1, -0.05) is 24.3 Å². The molecule has 0 N–H and O–H groups in total. The van der Waals surface area contributed by atoms with Crippen molar-refractivity contribution in [2.45, 2.75) is 25.7 Å². The van der Waals surface area contributed by atoms with Gasteiger partial charge in [0.15, 0.2) is 0 Å². The highest BCUT2D eigenvalue weighted by Gasteiger charge is 2.25. The molecule has 0 aliphatic carbocycles. The van der Waals surface area contributed by atoms with Gasteiger partial charge in [-0.05, 0) is 100.0 Å². The Morgan fingerprint density at radius 1 is 1.15 bits per heavy atom. The number of piperidine rings is 1. The van der Waals surface area contributed by atoms with Crippen LogP contribution in [0.15, 0.2) is 71.6 Å². The number of fused-ring (bicyclic) bond motifs is 1. The van der Waals surface area contributed by atoms with Gasteiger partial charge in [-0.2, -0.15) is 0 Å². The van der Waals surface area contributed by atoms with Crippen molar-refractivity contribution in [1.82, 2.24) is 19.9 Å². The Labute approximate surface area is 221 Å². The van der Waals surface area contributed by atoms with E-state index in [2.05, 4.69) is 72.8 Å². The fourth-order valence-electron chi connectivity index (χ4n) is 4.68. The molecule has 4 aromatic rings. The number of benzene rings is 1. The predicted octanol–water partition coefficient (Wildman–Crippen LogP) is 6.54. The number of carbonyl (C=O) groups excluding carboxylic acids is 1. The summed E-state index contributed by atoms with van der Waals surface area (Å²) in [5, 5.41) is 1.08. The molecule has 5 nitrogen and oxygen atoms in total. The van der Waals surface area contributed by atoms with E-state index in [4.69, 9.17) is 4.98 Å². The van der Waals surface area contributed by atoms with Crippen molar-refractivity contribution in [1.29, 1.82) is 0 Å². The molecule has 172 valence electrons. The largest absolute Gasteiger partial charge is 0.337 e. The first-order valence-corrected chi connectivity index (χ1v) is 13.4. The number of halogens is 2. The van der Waals surface area contributed by atoms with Crippen LogP contribution in [0.25, 0.3) is 22.2 Å². The lowest BCUT2D eigenvalue weighted by Crippen LogP contribution is -2.40. The first-order chi connectivity index (χ1) is 16.6. The lowest BCUT2D eigenvalue weighted by atomic mass is 9.90. The molecule has 34 heavy (non-hydrogen) atoms. The van der Waals surface area contributed by atoms with Gasteiger partial charge in [-0.25, -0.2) is 4.98 Å². The van der Waals surface area contributed by atoms with Crippen molar-refractivity contribution in [2.24, 2.45) is 5.92 Å². The molecule has 1 saturated heterocycles. The van der Waals surface area contributed by atoms with E-state index in [0.29, 0.717) is 11.6 Å². The molecule has 1 aliphatic heterocycles. The summed E-state index contributed by atoms with van der Waals surface area (Å²) in [5.74, 6) is 0.499. The number of aryl methyl sites for hydroxylation is 1. The van der Waals surface area contributed by atoms with Gasteiger partial charge < -0.3 is 4.90 Å². The highest BCUT2D eigenvalue weighted by atomic mass is 127. The zero-order valence-electron chi connectivity index (χ0n) is 18.6. The lowest BCUT2D eigenvalue weighted by molar-refractivity contribution is 0.0662. The molecule has 0 spiro atoms. The van der Waals surface area contributed by atoms with Crippen LogP contribution in [0.1, 0.15) is 35.3 Å². The van der Waals surface area contributed by atoms with Gasteiger partial charge in [0.05, 0.1) is 15.7 Å². The van der Waals surface area contributed by atoms with Crippen LogP contribution in [0.4, 0.5) is 0 Å². The molecule has 1 unspecified atom stereocenters. The summed E-state index contributed by atoms with van der Waals surface area (Å²) in [6.45, 7) is 1.58. The Kier molecular flexibility index (Phi) is 7.20. The summed E-state index contributed by atoms with van der Waals surface area (Å²) in [6, 6.07) is 16.1. The molecule has 0 bridgehead atoms. The fourth-order valence-corrected chi connectivity index (χ4v) is 5.77. The Morgan fingerprint density at radius 3 is 2.82 bits per heavy atom. The smallest absolute Gasteiger partial charge is 0.272 e. The van der Waals surface area contributed by atoms with E-state index in [1.54, 1.807) is 18.5 Å². The Hall–Kier alpha value is -2.39. The molecule has 0 radical (unpaired) electrons. The second-order valence-electron chi connectivity index (χ2n) is 8.68. The zero-order chi connectivity index (χ0) is 23.5. The van der Waals surface area contributed by atoms with Crippen LogP contribution < -0.4 is 0 Å². The van der Waals surface area contributed by atoms with Crippen molar-refractivity contribution in [3.05, 3.63) is 86.4 Å². The molecule has 1 amide bonds. The van der Waals surface area contributed by atoms with Crippen LogP contribution in [-0.2, 0) is 6.42 Å². The molecular weight excluding hydrogens is 603 g/mol. The van der Waals surface area contributed by atoms with Gasteiger partial charge in [0.1, 0.15) is 5.69 Å². The highest BCUT2D eigenvalue weighted by Crippen LogP contribution is 2.32. The summed E-state index contributed by atoms with van der Waals surface area (Å²) in [6.07, 6.45) is 9.51. The lowest BCUT2D eigenvalue weighted by Gasteiger charge is -2.32. The quantitative estimate of drug-likeness (QED) is 0.236. The molecular formula is C27H24BrIN4O. The minimum Gasteiger partial charge on any atom is -0.337 e. The van der Waals surface area contributed by atoms with Crippen molar-refractivity contribution in [2.75, 3.05) is 13.1 Å². The maximum atomic E-state index is 12.9. The number of hydrogen-bond donors (Lipinski definition) is 0. The molecule has 4 heterocycles. The molecule has 0 saturated carbocycles. The van der Waals surface area contributed by atoms with Gasteiger partial charge in [0.2, 0.25) is 0 Å². The second kappa shape index (κ2) is 10.5. The van der Waals surface area contributed by atoms with Crippen molar-refractivity contribution in [3.8, 4) is 11.3 Å². The monoisotopic (exact) mass is 626 g/mol. The summed E-state index contributed by atoms with van der Waals surface area (Å²) in [4.78, 5) is 28.5. The van der Waals surface area contributed by atoms with Crippen LogP contribution in [0.2, 0.25) is 0 Å². The summed E-state index contributed by atoms with van der Waals surface area (Å²) in [5.41, 5.74) is 4.84. The summed E-state index contributed by atoms with van der Waals surface area (Å²) >= 11 is 6.02. The number of pyridine rings is 3. The third kappa shape index (κ3) is 5.00. The van der Waals surface area contributed by atoms with Gasteiger partial charge in [0.25, 0.3) is 5.91 Å². The van der Waals surface area contributed by atoms with E-state index < -0.39 is 0 Å². The average Bonchev–Trinajstić information content (AvgIpc) is 2.88. The maximum Gasteiger partial charge on any atom is 0.272 e. The number of nitrogens with zero attached hydrogens (tertiary/aromatic N) is 4. The first kappa shape index (κ1) is 23.4. The number of hydrogen-bond acceptors (Lipinski definition) is 4. The zero-order valence-corrected chi connectivity index (χ0v) is 22.4. The molecule has 5 rings (SSSR count). The normalized spacial score (nSPS) is 16.1. The van der Waals surface area contributed by atoms with E-state index in [1.165, 1.54) is 9.13 Å². The predicted molar refractivity (Wildman–Crippen MR) is 147 cm³/mol. The minimum atomic E-state index is 0.0359. The Morgan fingerprint density at radius 2 is 2.00 bits per heavy atom. The van der Waals surface area contributed by atoms with Crippen molar-refractivity contribution >= 4 is 55.3 Å². The van der Waals surface area contributed by atoms with E-state index in [-0.39, 0.29) is 5.91 Å². The third-order valence-corrected chi connectivity index (χ3v) is 7.94. The molecule has 7 heteroatoms. The number of carbonyl (C=O) groups is 1. The SMILES string of the molecule is O=C(c1ccccn1)N1CCCC(CCc2cc(-c3ccccc3I)nc3c(Br)cncc23)C1. The van der Waals surface area contributed by atoms with Crippen LogP contribution in [0.5, 0.6) is 0 Å². The number of likely N-dealkylation sites (tertiary alicyclic amines) is 1. The van der Waals surface area contributed by atoms with Crippen LogP contribution in [-0.4, -0.2) is 38.8 Å². The molecule has 3 aromatic heterocycles. The number of aromatic nitrogens is 3. The van der Waals surface area contributed by atoms with Gasteiger partial charge >= 0.3 is 0 Å². The highest BCUT2D eigenvalue weighted by molar-refractivity contribution is 14.1.